The average molecular weight is 473 g/mol. The number of hydrogen-bond donors (Lipinski definition) is 0. The van der Waals surface area contributed by atoms with Crippen LogP contribution in [-0.2, 0) is 10.0 Å². The molecule has 4 aromatic rings. The molecule has 0 unspecified atom stereocenters. The molecule has 0 aliphatic carbocycles. The first-order chi connectivity index (χ1) is 13.7. The minimum absolute atomic E-state index is 0.148. The van der Waals surface area contributed by atoms with Crippen molar-refractivity contribution < 1.29 is 12.8 Å². The zero-order valence-corrected chi connectivity index (χ0v) is 18.5. The molecule has 0 atom stereocenters. The van der Waals surface area contributed by atoms with Crippen LogP contribution in [-0.4, -0.2) is 17.4 Å². The van der Waals surface area contributed by atoms with Gasteiger partial charge in [0.05, 0.1) is 15.9 Å². The van der Waals surface area contributed by atoms with Gasteiger partial charge in [0.15, 0.2) is 5.82 Å². The molecule has 0 aliphatic rings. The molecule has 4 rings (SSSR count). The smallest absolute Gasteiger partial charge is 0.227 e. The number of benzene rings is 3. The third-order valence-electron chi connectivity index (χ3n) is 4.96. The van der Waals surface area contributed by atoms with E-state index in [9.17, 15) is 12.8 Å². The molecule has 0 aliphatic heterocycles. The minimum Gasteiger partial charge on any atom is -0.227 e. The summed E-state index contributed by atoms with van der Waals surface area (Å²) in [6, 6.07) is 14.4. The van der Waals surface area contributed by atoms with Crippen molar-refractivity contribution in [2.24, 2.45) is 0 Å². The molecule has 0 bridgehead atoms. The summed E-state index contributed by atoms with van der Waals surface area (Å²) in [4.78, 5) is 4.73. The monoisotopic (exact) mass is 472 g/mol. The van der Waals surface area contributed by atoms with E-state index in [1.54, 1.807) is 36.4 Å². The fourth-order valence-electron chi connectivity index (χ4n) is 3.21. The molecule has 0 amide bonds. The Kier molecular flexibility index (Phi) is 4.83. The van der Waals surface area contributed by atoms with Crippen LogP contribution < -0.4 is 0 Å². The van der Waals surface area contributed by atoms with Gasteiger partial charge in [0.1, 0.15) is 5.82 Å². The molecule has 0 radical (unpaired) electrons. The highest BCUT2D eigenvalue weighted by Gasteiger charge is 2.26. The molecule has 4 nitrogen and oxygen atoms in total. The summed E-state index contributed by atoms with van der Waals surface area (Å²) in [6.45, 7) is 5.76. The average Bonchev–Trinajstić information content (AvgIpc) is 3.03. The first kappa shape index (κ1) is 19.8. The molecule has 0 fully saturated rings. The molecule has 1 heterocycles. The highest BCUT2D eigenvalue weighted by atomic mass is 79.9. The van der Waals surface area contributed by atoms with Crippen LogP contribution >= 0.6 is 15.9 Å². The largest absolute Gasteiger partial charge is 0.269 e. The van der Waals surface area contributed by atoms with Crippen LogP contribution in [0.5, 0.6) is 0 Å². The van der Waals surface area contributed by atoms with Gasteiger partial charge in [-0.25, -0.2) is 21.8 Å². The SMILES string of the molecule is Cc1ccc(S(=O)(=O)n2c(-c3cc(F)ccc3Br)nc3cc(C)c(C)cc32)cc1. The number of hydrogen-bond acceptors (Lipinski definition) is 3. The fourth-order valence-corrected chi connectivity index (χ4v) is 5.10. The number of rotatable bonds is 3. The molecule has 0 N–H and O–H groups in total. The summed E-state index contributed by atoms with van der Waals surface area (Å²) in [5.74, 6) is -0.307. The summed E-state index contributed by atoms with van der Waals surface area (Å²) in [5, 5.41) is 0. The minimum atomic E-state index is -3.97. The summed E-state index contributed by atoms with van der Waals surface area (Å²) in [6.07, 6.45) is 0. The Morgan fingerprint density at radius 3 is 2.28 bits per heavy atom. The van der Waals surface area contributed by atoms with Crippen molar-refractivity contribution in [2.45, 2.75) is 25.7 Å². The van der Waals surface area contributed by atoms with E-state index in [4.69, 9.17) is 0 Å². The second-order valence-corrected chi connectivity index (χ2v) is 9.71. The Labute approximate surface area is 177 Å². The molecule has 148 valence electrons. The molecular formula is C22H18BrFN2O2S. The van der Waals surface area contributed by atoms with Crippen LogP contribution in [0.2, 0.25) is 0 Å². The van der Waals surface area contributed by atoms with E-state index < -0.39 is 15.8 Å². The van der Waals surface area contributed by atoms with E-state index in [2.05, 4.69) is 20.9 Å². The van der Waals surface area contributed by atoms with E-state index in [1.807, 2.05) is 26.8 Å². The van der Waals surface area contributed by atoms with Crippen LogP contribution in [0.4, 0.5) is 4.39 Å². The highest BCUT2D eigenvalue weighted by molar-refractivity contribution is 9.10. The zero-order valence-electron chi connectivity index (χ0n) is 16.1. The third kappa shape index (κ3) is 3.38. The highest BCUT2D eigenvalue weighted by Crippen LogP contribution is 2.34. The van der Waals surface area contributed by atoms with Gasteiger partial charge in [0.25, 0.3) is 10.0 Å². The predicted octanol–water partition coefficient (Wildman–Crippen LogP) is 5.77. The van der Waals surface area contributed by atoms with Gasteiger partial charge in [-0.3, -0.25) is 0 Å². The number of aromatic nitrogens is 2. The van der Waals surface area contributed by atoms with Crippen LogP contribution in [0.25, 0.3) is 22.4 Å². The maximum atomic E-state index is 14.0. The summed E-state index contributed by atoms with van der Waals surface area (Å²) in [5.41, 5.74) is 4.27. The van der Waals surface area contributed by atoms with E-state index in [-0.39, 0.29) is 10.7 Å². The molecule has 1 aromatic heterocycles. The molecule has 0 spiro atoms. The van der Waals surface area contributed by atoms with Gasteiger partial charge in [-0.05, 0) is 74.4 Å². The molecule has 29 heavy (non-hydrogen) atoms. The van der Waals surface area contributed by atoms with Crippen molar-refractivity contribution in [1.82, 2.24) is 8.96 Å². The van der Waals surface area contributed by atoms with Gasteiger partial charge in [-0.2, -0.15) is 0 Å². The van der Waals surface area contributed by atoms with Gasteiger partial charge in [-0.1, -0.05) is 33.6 Å². The predicted molar refractivity (Wildman–Crippen MR) is 116 cm³/mol. The Morgan fingerprint density at radius 1 is 0.931 bits per heavy atom. The Bertz CT molecular complexity index is 1360. The maximum absolute atomic E-state index is 14.0. The van der Waals surface area contributed by atoms with Gasteiger partial charge in [0, 0.05) is 10.0 Å². The maximum Gasteiger partial charge on any atom is 0.269 e. The van der Waals surface area contributed by atoms with E-state index in [1.165, 1.54) is 16.1 Å². The topological polar surface area (TPSA) is 52.0 Å². The molecular weight excluding hydrogens is 455 g/mol. The first-order valence-corrected chi connectivity index (χ1v) is 11.2. The number of fused-ring (bicyclic) bond motifs is 1. The van der Waals surface area contributed by atoms with Gasteiger partial charge < -0.3 is 0 Å². The fraction of sp³-hybridized carbons (Fsp3) is 0.136. The number of nitrogens with zero attached hydrogens (tertiary/aromatic N) is 2. The first-order valence-electron chi connectivity index (χ1n) is 8.96. The van der Waals surface area contributed by atoms with E-state index >= 15 is 0 Å². The van der Waals surface area contributed by atoms with Crippen molar-refractivity contribution in [1.29, 1.82) is 0 Å². The van der Waals surface area contributed by atoms with E-state index in [0.717, 1.165) is 16.7 Å². The third-order valence-corrected chi connectivity index (χ3v) is 7.37. The normalized spacial score (nSPS) is 11.9. The summed E-state index contributed by atoms with van der Waals surface area (Å²) in [7, 11) is -3.97. The lowest BCUT2D eigenvalue weighted by molar-refractivity contribution is 0.589. The molecule has 0 saturated carbocycles. The molecule has 0 saturated heterocycles. The molecule has 7 heteroatoms. The van der Waals surface area contributed by atoms with Crippen molar-refractivity contribution >= 4 is 37.0 Å². The van der Waals surface area contributed by atoms with Gasteiger partial charge in [0.2, 0.25) is 0 Å². The number of imidazole rings is 1. The number of aryl methyl sites for hydroxylation is 3. The summed E-state index contributed by atoms with van der Waals surface area (Å²) < 4.78 is 43.0. The second kappa shape index (κ2) is 7.07. The van der Waals surface area contributed by atoms with Crippen molar-refractivity contribution in [3.05, 3.63) is 81.6 Å². The Hall–Kier alpha value is -2.51. The quantitative estimate of drug-likeness (QED) is 0.380. The number of halogens is 2. The lowest BCUT2D eigenvalue weighted by Crippen LogP contribution is -2.14. The van der Waals surface area contributed by atoms with Gasteiger partial charge in [-0.15, -0.1) is 0 Å². The lowest BCUT2D eigenvalue weighted by atomic mass is 10.1. The molecule has 3 aromatic carbocycles. The van der Waals surface area contributed by atoms with Crippen molar-refractivity contribution in [2.75, 3.05) is 0 Å². The van der Waals surface area contributed by atoms with Crippen LogP contribution in [0, 0.1) is 26.6 Å². The van der Waals surface area contributed by atoms with Crippen LogP contribution in [0.1, 0.15) is 16.7 Å². The Morgan fingerprint density at radius 2 is 1.59 bits per heavy atom. The standard InChI is InChI=1S/C22H18BrFN2O2S/c1-13-4-7-17(8-5-13)29(27,28)26-21-11-15(3)14(2)10-20(21)25-22(26)18-12-16(24)6-9-19(18)23/h4-12H,1-3H3. The van der Waals surface area contributed by atoms with Crippen LogP contribution in [0.15, 0.2) is 64.0 Å². The van der Waals surface area contributed by atoms with Crippen molar-refractivity contribution in [3.63, 3.8) is 0 Å². The van der Waals surface area contributed by atoms with Gasteiger partial charge >= 0.3 is 0 Å². The second-order valence-electron chi connectivity index (χ2n) is 7.07. The summed E-state index contributed by atoms with van der Waals surface area (Å²) >= 11 is 3.41. The lowest BCUT2D eigenvalue weighted by Gasteiger charge is -2.12. The van der Waals surface area contributed by atoms with Crippen LogP contribution in [0.3, 0.4) is 0 Å². The van der Waals surface area contributed by atoms with E-state index in [0.29, 0.717) is 21.1 Å². The Balaban J connectivity index is 2.12. The van der Waals surface area contributed by atoms with Crippen molar-refractivity contribution in [3.8, 4) is 11.4 Å². The zero-order chi connectivity index (χ0) is 20.9.